The standard InChI is InChI=1S/C26H36BClN2/c1-16(2)14-29-11-10-18(4)25-20(6)15-30-21(7)26(25)24(27)12-19(5)23-13-22(28)9-8-17(23)3/h8-9,12-13,15-16,18-19,29H,10-11,14H2,1-7H3/b24-12+. The Morgan fingerprint density at radius 1 is 1.13 bits per heavy atom. The molecule has 1 aromatic carbocycles. The Morgan fingerprint density at radius 3 is 2.50 bits per heavy atom. The average Bonchev–Trinajstić information content (AvgIpc) is 2.68. The third-order valence-corrected chi connectivity index (χ3v) is 5.99. The van der Waals surface area contributed by atoms with E-state index in [0.717, 1.165) is 41.3 Å². The maximum atomic E-state index is 6.70. The molecule has 0 saturated heterocycles. The van der Waals surface area contributed by atoms with Crippen molar-refractivity contribution in [3.8, 4) is 0 Å². The predicted molar refractivity (Wildman–Crippen MR) is 133 cm³/mol. The summed E-state index contributed by atoms with van der Waals surface area (Å²) in [4.78, 5) is 4.62. The lowest BCUT2D eigenvalue weighted by Gasteiger charge is -2.23. The van der Waals surface area contributed by atoms with Gasteiger partial charge < -0.3 is 5.32 Å². The number of rotatable bonds is 9. The van der Waals surface area contributed by atoms with E-state index in [0.29, 0.717) is 11.8 Å². The summed E-state index contributed by atoms with van der Waals surface area (Å²) in [5.74, 6) is 1.23. The molecule has 0 fully saturated rings. The fourth-order valence-electron chi connectivity index (χ4n) is 4.12. The van der Waals surface area contributed by atoms with Gasteiger partial charge >= 0.3 is 0 Å². The summed E-state index contributed by atoms with van der Waals surface area (Å²) in [6.45, 7) is 17.3. The first-order valence-corrected chi connectivity index (χ1v) is 11.4. The molecule has 0 aliphatic carbocycles. The van der Waals surface area contributed by atoms with Crippen LogP contribution in [0, 0.1) is 26.7 Å². The summed E-state index contributed by atoms with van der Waals surface area (Å²) in [7, 11) is 6.70. The van der Waals surface area contributed by atoms with Gasteiger partial charge in [0.1, 0.15) is 7.85 Å². The van der Waals surface area contributed by atoms with E-state index in [9.17, 15) is 0 Å². The van der Waals surface area contributed by atoms with Gasteiger partial charge in [0, 0.05) is 16.9 Å². The first-order chi connectivity index (χ1) is 14.1. The van der Waals surface area contributed by atoms with Crippen LogP contribution in [-0.4, -0.2) is 25.9 Å². The molecule has 30 heavy (non-hydrogen) atoms. The van der Waals surface area contributed by atoms with Gasteiger partial charge in [0.15, 0.2) is 0 Å². The van der Waals surface area contributed by atoms with Crippen LogP contribution in [0.1, 0.15) is 79.5 Å². The van der Waals surface area contributed by atoms with Gasteiger partial charge in [-0.2, -0.15) is 0 Å². The van der Waals surface area contributed by atoms with E-state index in [1.807, 2.05) is 18.3 Å². The first-order valence-electron chi connectivity index (χ1n) is 11.0. The van der Waals surface area contributed by atoms with E-state index in [2.05, 4.69) is 70.9 Å². The van der Waals surface area contributed by atoms with Crippen LogP contribution < -0.4 is 5.32 Å². The molecule has 2 radical (unpaired) electrons. The van der Waals surface area contributed by atoms with Crippen LogP contribution in [0.2, 0.25) is 5.02 Å². The van der Waals surface area contributed by atoms with Crippen LogP contribution in [0.5, 0.6) is 0 Å². The lowest BCUT2D eigenvalue weighted by Crippen LogP contribution is -2.22. The second kappa shape index (κ2) is 11.2. The fraction of sp³-hybridized carbons (Fsp3) is 0.500. The third-order valence-electron chi connectivity index (χ3n) is 5.76. The van der Waals surface area contributed by atoms with Crippen LogP contribution in [0.15, 0.2) is 30.5 Å². The molecule has 2 rings (SSSR count). The van der Waals surface area contributed by atoms with Gasteiger partial charge in [-0.15, -0.1) is 0 Å². The molecule has 0 amide bonds. The van der Waals surface area contributed by atoms with Gasteiger partial charge in [0.25, 0.3) is 0 Å². The number of benzene rings is 1. The van der Waals surface area contributed by atoms with Crippen LogP contribution in [0.3, 0.4) is 0 Å². The molecule has 1 heterocycles. The van der Waals surface area contributed by atoms with E-state index >= 15 is 0 Å². The van der Waals surface area contributed by atoms with Crippen LogP contribution in [-0.2, 0) is 0 Å². The maximum Gasteiger partial charge on any atom is 0.114 e. The summed E-state index contributed by atoms with van der Waals surface area (Å²) in [5, 5.41) is 4.32. The van der Waals surface area contributed by atoms with Crippen molar-refractivity contribution in [3.05, 3.63) is 69.0 Å². The summed E-state index contributed by atoms with van der Waals surface area (Å²) < 4.78 is 0. The average molecular weight is 423 g/mol. The van der Waals surface area contributed by atoms with Crippen molar-refractivity contribution in [3.63, 3.8) is 0 Å². The molecule has 0 aliphatic rings. The molecule has 2 atom stereocenters. The number of nitrogens with one attached hydrogen (secondary N) is 1. The molecule has 0 bridgehead atoms. The Kier molecular flexibility index (Phi) is 9.19. The molecule has 0 saturated carbocycles. The highest BCUT2D eigenvalue weighted by Crippen LogP contribution is 2.33. The van der Waals surface area contributed by atoms with E-state index in [1.54, 1.807) is 0 Å². The number of nitrogens with zero attached hydrogens (tertiary/aromatic N) is 1. The van der Waals surface area contributed by atoms with Crippen LogP contribution in [0.25, 0.3) is 5.47 Å². The molecule has 1 N–H and O–H groups in total. The maximum absolute atomic E-state index is 6.70. The van der Waals surface area contributed by atoms with Crippen molar-refractivity contribution >= 4 is 24.9 Å². The molecule has 4 heteroatoms. The zero-order valence-corrected chi connectivity index (χ0v) is 20.4. The molecule has 0 spiro atoms. The zero-order valence-electron chi connectivity index (χ0n) is 19.6. The number of halogens is 1. The Morgan fingerprint density at radius 2 is 1.83 bits per heavy atom. The quantitative estimate of drug-likeness (QED) is 0.358. The van der Waals surface area contributed by atoms with Gasteiger partial charge in [-0.3, -0.25) is 4.98 Å². The number of aryl methyl sites for hydroxylation is 3. The van der Waals surface area contributed by atoms with Gasteiger partial charge in [0.05, 0.1) is 0 Å². The van der Waals surface area contributed by atoms with Gasteiger partial charge in [-0.25, -0.2) is 0 Å². The molecule has 2 nitrogen and oxygen atoms in total. The normalized spacial score (nSPS) is 14.2. The minimum absolute atomic E-state index is 0.166. The summed E-state index contributed by atoms with van der Waals surface area (Å²) >= 11 is 6.24. The second-order valence-electron chi connectivity index (χ2n) is 9.01. The van der Waals surface area contributed by atoms with Crippen LogP contribution in [0.4, 0.5) is 0 Å². The topological polar surface area (TPSA) is 24.9 Å². The minimum Gasteiger partial charge on any atom is -0.316 e. The molecule has 1 aromatic heterocycles. The highest BCUT2D eigenvalue weighted by molar-refractivity contribution is 6.42. The van der Waals surface area contributed by atoms with Crippen molar-refractivity contribution in [2.24, 2.45) is 5.92 Å². The predicted octanol–water partition coefficient (Wildman–Crippen LogP) is 6.71. The number of hydrogen-bond acceptors (Lipinski definition) is 2. The number of pyridine rings is 1. The Labute approximate surface area is 189 Å². The van der Waals surface area contributed by atoms with Gasteiger partial charge in [-0.05, 0) is 98.0 Å². The highest BCUT2D eigenvalue weighted by atomic mass is 35.5. The van der Waals surface area contributed by atoms with Gasteiger partial charge in [-0.1, -0.05) is 56.9 Å². The Hall–Kier alpha value is -1.58. The van der Waals surface area contributed by atoms with Crippen molar-refractivity contribution in [2.45, 2.75) is 66.7 Å². The molecule has 160 valence electrons. The Bertz CT molecular complexity index is 889. The van der Waals surface area contributed by atoms with Crippen LogP contribution >= 0.6 is 11.6 Å². The molecule has 0 aliphatic heterocycles. The molecular formula is C26H36BClN2. The SMILES string of the molecule is [B]/C(=C/C(C)c1cc(Cl)ccc1C)c1c(C)ncc(C)c1C(C)CCNCC(C)C. The number of aromatic nitrogens is 1. The summed E-state index contributed by atoms with van der Waals surface area (Å²) in [6.07, 6.45) is 5.19. The summed E-state index contributed by atoms with van der Waals surface area (Å²) in [5.41, 5.74) is 7.83. The lowest BCUT2D eigenvalue weighted by atomic mass is 9.77. The molecule has 2 aromatic rings. The van der Waals surface area contributed by atoms with Crippen molar-refractivity contribution in [1.29, 1.82) is 0 Å². The van der Waals surface area contributed by atoms with E-state index in [1.165, 1.54) is 22.3 Å². The monoisotopic (exact) mass is 422 g/mol. The Balaban J connectivity index is 2.34. The van der Waals surface area contributed by atoms with Crippen molar-refractivity contribution < 1.29 is 0 Å². The molecule has 2 unspecified atom stereocenters. The number of allylic oxidation sites excluding steroid dienone is 1. The largest absolute Gasteiger partial charge is 0.316 e. The van der Waals surface area contributed by atoms with Crippen molar-refractivity contribution in [2.75, 3.05) is 13.1 Å². The van der Waals surface area contributed by atoms with Gasteiger partial charge in [0.2, 0.25) is 0 Å². The minimum atomic E-state index is 0.166. The fourth-order valence-corrected chi connectivity index (χ4v) is 4.30. The summed E-state index contributed by atoms with van der Waals surface area (Å²) in [6, 6.07) is 6.04. The van der Waals surface area contributed by atoms with E-state index in [4.69, 9.17) is 19.4 Å². The van der Waals surface area contributed by atoms with Crippen molar-refractivity contribution in [1.82, 2.24) is 10.3 Å². The molecular weight excluding hydrogens is 387 g/mol. The first kappa shape index (κ1) is 24.7. The highest BCUT2D eigenvalue weighted by Gasteiger charge is 2.18. The third kappa shape index (κ3) is 6.46. The van der Waals surface area contributed by atoms with E-state index in [-0.39, 0.29) is 5.92 Å². The smallest absolute Gasteiger partial charge is 0.114 e. The lowest BCUT2D eigenvalue weighted by molar-refractivity contribution is 0.524. The number of hydrogen-bond donors (Lipinski definition) is 1. The second-order valence-corrected chi connectivity index (χ2v) is 9.45. The zero-order chi connectivity index (χ0) is 22.4. The van der Waals surface area contributed by atoms with E-state index < -0.39 is 0 Å².